The minimum absolute atomic E-state index is 0.113. The molecule has 2 rings (SSSR count). The van der Waals surface area contributed by atoms with Gasteiger partial charge in [0.25, 0.3) is 0 Å². The first-order chi connectivity index (χ1) is 12.6. The van der Waals surface area contributed by atoms with E-state index in [1.165, 1.54) is 5.57 Å². The fourth-order valence-electron chi connectivity index (χ4n) is 3.75. The molecule has 0 atom stereocenters. The number of carbonyl (C=O) groups is 1. The van der Waals surface area contributed by atoms with Crippen molar-refractivity contribution in [3.8, 4) is 5.75 Å². The van der Waals surface area contributed by atoms with Crippen LogP contribution in [0, 0.1) is 5.92 Å². The van der Waals surface area contributed by atoms with Crippen LogP contribution >= 0.6 is 15.9 Å². The van der Waals surface area contributed by atoms with E-state index in [2.05, 4.69) is 49.7 Å². The molecule has 5 heteroatoms. The summed E-state index contributed by atoms with van der Waals surface area (Å²) in [6.45, 7) is 12.6. The third kappa shape index (κ3) is 3.98. The summed E-state index contributed by atoms with van der Waals surface area (Å²) in [6.07, 6.45) is 3.40. The van der Waals surface area contributed by atoms with Gasteiger partial charge in [-0.15, -0.1) is 0 Å². The normalized spacial score (nSPS) is 16.6. The van der Waals surface area contributed by atoms with Crippen LogP contribution in [0.15, 0.2) is 22.4 Å². The average Bonchev–Trinajstić information content (AvgIpc) is 2.57. The summed E-state index contributed by atoms with van der Waals surface area (Å²) in [5, 5.41) is 9.20. The van der Waals surface area contributed by atoms with Gasteiger partial charge in [-0.1, -0.05) is 40.7 Å². The lowest BCUT2D eigenvalue weighted by Gasteiger charge is -2.36. The second-order valence-corrected chi connectivity index (χ2v) is 8.57. The fourth-order valence-corrected chi connectivity index (χ4v) is 4.83. The van der Waals surface area contributed by atoms with Crippen LogP contribution in [0.25, 0.3) is 11.1 Å². The first kappa shape index (κ1) is 21.7. The van der Waals surface area contributed by atoms with Gasteiger partial charge in [0.15, 0.2) is 0 Å². The van der Waals surface area contributed by atoms with Crippen molar-refractivity contribution in [2.24, 2.45) is 5.92 Å². The van der Waals surface area contributed by atoms with Gasteiger partial charge in [0, 0.05) is 11.1 Å². The Morgan fingerprint density at radius 1 is 1.37 bits per heavy atom. The van der Waals surface area contributed by atoms with Gasteiger partial charge in [-0.25, -0.2) is 4.79 Å². The second kappa shape index (κ2) is 8.17. The molecule has 1 aromatic carbocycles. The van der Waals surface area contributed by atoms with Crippen LogP contribution in [-0.4, -0.2) is 17.7 Å². The minimum Gasteiger partial charge on any atom is -0.492 e. The van der Waals surface area contributed by atoms with Crippen molar-refractivity contribution in [2.45, 2.75) is 59.8 Å². The van der Waals surface area contributed by atoms with Gasteiger partial charge in [-0.2, -0.15) is 4.39 Å². The van der Waals surface area contributed by atoms with Crippen LogP contribution in [0.4, 0.5) is 4.39 Å². The van der Waals surface area contributed by atoms with Gasteiger partial charge < -0.3 is 9.84 Å². The van der Waals surface area contributed by atoms with E-state index >= 15 is 0 Å². The van der Waals surface area contributed by atoms with Crippen molar-refractivity contribution >= 4 is 33.0 Å². The van der Waals surface area contributed by atoms with Crippen molar-refractivity contribution in [1.29, 1.82) is 0 Å². The number of aliphatic carboxylic acids is 1. The molecule has 0 amide bonds. The number of hydrogen-bond acceptors (Lipinski definition) is 2. The van der Waals surface area contributed by atoms with E-state index in [1.54, 1.807) is 6.92 Å². The Labute approximate surface area is 169 Å². The first-order valence-corrected chi connectivity index (χ1v) is 10.2. The molecule has 0 saturated heterocycles. The van der Waals surface area contributed by atoms with E-state index < -0.39 is 11.8 Å². The van der Waals surface area contributed by atoms with E-state index in [0.717, 1.165) is 22.0 Å². The lowest BCUT2D eigenvalue weighted by molar-refractivity contribution is -0.134. The maximum atomic E-state index is 14.5. The maximum absolute atomic E-state index is 14.5. The highest BCUT2D eigenvalue weighted by atomic mass is 79.9. The molecule has 0 aliphatic heterocycles. The third-order valence-electron chi connectivity index (χ3n) is 5.08. The number of ether oxygens (including phenoxy) is 1. The third-order valence-corrected chi connectivity index (χ3v) is 5.84. The summed E-state index contributed by atoms with van der Waals surface area (Å²) in [5.74, 6) is -1.86. The van der Waals surface area contributed by atoms with Crippen LogP contribution in [-0.2, 0) is 10.2 Å². The van der Waals surface area contributed by atoms with Crippen LogP contribution in [0.1, 0.15) is 71.1 Å². The zero-order valence-electron chi connectivity index (χ0n) is 16.9. The van der Waals surface area contributed by atoms with Crippen molar-refractivity contribution in [2.75, 3.05) is 6.61 Å². The standard InChI is InChI=1S/C22H28BrFO3/c1-7-13(19(24)21(25)26)16-11-15-14(12(3)4)9-10-22(5,6)17(15)18(23)20(16)27-8-2/h9,11-12H,7-8,10H2,1-6H3,(H,25,26). The number of rotatable bonds is 6. The van der Waals surface area contributed by atoms with Crippen molar-refractivity contribution in [3.63, 3.8) is 0 Å². The summed E-state index contributed by atoms with van der Waals surface area (Å²) in [6, 6.07) is 1.92. The molecule has 1 aromatic rings. The molecule has 0 radical (unpaired) electrons. The predicted octanol–water partition coefficient (Wildman–Crippen LogP) is 6.74. The Bertz CT molecular complexity index is 819. The van der Waals surface area contributed by atoms with Crippen LogP contribution in [0.2, 0.25) is 0 Å². The molecule has 0 spiro atoms. The lowest BCUT2D eigenvalue weighted by Crippen LogP contribution is -2.24. The smallest absolute Gasteiger partial charge is 0.365 e. The molecule has 1 aliphatic rings. The molecule has 1 aliphatic carbocycles. The van der Waals surface area contributed by atoms with Gasteiger partial charge in [0.05, 0.1) is 11.1 Å². The molecule has 0 unspecified atom stereocenters. The highest BCUT2D eigenvalue weighted by Crippen LogP contribution is 2.50. The number of allylic oxidation sites excluding steroid dienone is 3. The molecular weight excluding hydrogens is 411 g/mol. The summed E-state index contributed by atoms with van der Waals surface area (Å²) < 4.78 is 21.1. The Balaban J connectivity index is 2.94. The van der Waals surface area contributed by atoms with Crippen molar-refractivity contribution < 1.29 is 19.0 Å². The number of halogens is 2. The van der Waals surface area contributed by atoms with Gasteiger partial charge in [-0.05, 0) is 69.8 Å². The Morgan fingerprint density at radius 3 is 2.48 bits per heavy atom. The lowest BCUT2D eigenvalue weighted by atomic mass is 9.70. The summed E-state index contributed by atoms with van der Waals surface area (Å²) >= 11 is 3.71. The van der Waals surface area contributed by atoms with E-state index in [1.807, 2.05) is 13.0 Å². The number of hydrogen-bond donors (Lipinski definition) is 1. The molecule has 3 nitrogen and oxygen atoms in total. The van der Waals surface area contributed by atoms with Gasteiger partial charge >= 0.3 is 5.97 Å². The van der Waals surface area contributed by atoms with Gasteiger partial charge in [-0.3, -0.25) is 0 Å². The van der Waals surface area contributed by atoms with E-state index in [-0.39, 0.29) is 17.4 Å². The van der Waals surface area contributed by atoms with Crippen molar-refractivity contribution in [3.05, 3.63) is 39.1 Å². The quantitative estimate of drug-likeness (QED) is 0.499. The zero-order valence-corrected chi connectivity index (χ0v) is 18.5. The average molecular weight is 439 g/mol. The second-order valence-electron chi connectivity index (χ2n) is 7.78. The van der Waals surface area contributed by atoms with E-state index in [0.29, 0.717) is 23.8 Å². The molecule has 148 valence electrons. The van der Waals surface area contributed by atoms with Crippen LogP contribution in [0.3, 0.4) is 0 Å². The Morgan fingerprint density at radius 2 is 2.00 bits per heavy atom. The Hall–Kier alpha value is -1.62. The highest BCUT2D eigenvalue weighted by Gasteiger charge is 2.34. The van der Waals surface area contributed by atoms with Crippen LogP contribution in [0.5, 0.6) is 5.75 Å². The zero-order chi connectivity index (χ0) is 20.5. The molecule has 0 heterocycles. The number of carboxylic acid groups (broad SMARTS) is 1. The van der Waals surface area contributed by atoms with Gasteiger partial charge in [0.1, 0.15) is 5.75 Å². The van der Waals surface area contributed by atoms with Crippen molar-refractivity contribution in [1.82, 2.24) is 0 Å². The monoisotopic (exact) mass is 438 g/mol. The molecule has 27 heavy (non-hydrogen) atoms. The summed E-state index contributed by atoms with van der Waals surface area (Å²) in [5.41, 5.74) is 3.91. The number of benzene rings is 1. The maximum Gasteiger partial charge on any atom is 0.365 e. The number of carboxylic acids is 1. The van der Waals surface area contributed by atoms with E-state index in [9.17, 15) is 14.3 Å². The topological polar surface area (TPSA) is 46.5 Å². The van der Waals surface area contributed by atoms with Gasteiger partial charge in [0.2, 0.25) is 5.83 Å². The minimum atomic E-state index is -1.55. The molecule has 0 saturated carbocycles. The fraction of sp³-hybridized carbons (Fsp3) is 0.500. The SMILES string of the molecule is CCOc1c(C(CC)=C(F)C(=O)O)cc2c(c1Br)C(C)(C)CC=C2C(C)C. The molecule has 0 fully saturated rings. The van der Waals surface area contributed by atoms with E-state index in [4.69, 9.17) is 4.74 Å². The summed E-state index contributed by atoms with van der Waals surface area (Å²) in [4.78, 5) is 11.3. The Kier molecular flexibility index (Phi) is 6.56. The molecule has 0 aromatic heterocycles. The summed E-state index contributed by atoms with van der Waals surface area (Å²) in [7, 11) is 0. The molecular formula is C22H28BrFO3. The first-order valence-electron chi connectivity index (χ1n) is 9.39. The molecule has 0 bridgehead atoms. The van der Waals surface area contributed by atoms with Crippen LogP contribution < -0.4 is 4.74 Å². The largest absolute Gasteiger partial charge is 0.492 e. The molecule has 1 N–H and O–H groups in total. The highest BCUT2D eigenvalue weighted by molar-refractivity contribution is 9.10. The number of fused-ring (bicyclic) bond motifs is 1. The predicted molar refractivity (Wildman–Crippen MR) is 112 cm³/mol.